The number of aromatic nitrogens is 2. The molecule has 2 rings (SSSR count). The minimum atomic E-state index is 0.169. The van der Waals surface area contributed by atoms with E-state index in [2.05, 4.69) is 9.97 Å². The molecular weight excluding hydrogens is 184 g/mol. The Balaban J connectivity index is 2.56. The van der Waals surface area contributed by atoms with E-state index in [1.807, 2.05) is 13.0 Å². The average Bonchev–Trinajstić information content (AvgIpc) is 2.59. The molecule has 0 aliphatic carbocycles. The van der Waals surface area contributed by atoms with Crippen molar-refractivity contribution in [1.29, 1.82) is 0 Å². The lowest BCUT2D eigenvalue weighted by Gasteiger charge is -1.86. The van der Waals surface area contributed by atoms with Gasteiger partial charge in [0.25, 0.3) is 0 Å². The van der Waals surface area contributed by atoms with Gasteiger partial charge in [-0.1, -0.05) is 6.92 Å². The summed E-state index contributed by atoms with van der Waals surface area (Å²) < 4.78 is 0. The van der Waals surface area contributed by atoms with E-state index in [-0.39, 0.29) is 5.78 Å². The summed E-state index contributed by atoms with van der Waals surface area (Å²) in [7, 11) is 0. The first-order valence-electron chi connectivity index (χ1n) is 4.04. The minimum absolute atomic E-state index is 0.169. The number of Topliss-reactive ketones (excluding diaryl/α,β-unsaturated/α-hetero) is 1. The first-order chi connectivity index (χ1) is 6.31. The Kier molecular flexibility index (Phi) is 2.06. The largest absolute Gasteiger partial charge is 0.293 e. The quantitative estimate of drug-likeness (QED) is 0.685. The number of carbonyl (C=O) groups is 1. The van der Waals surface area contributed by atoms with Gasteiger partial charge in [-0.15, -0.1) is 11.3 Å². The van der Waals surface area contributed by atoms with Crippen LogP contribution in [0, 0.1) is 0 Å². The molecule has 13 heavy (non-hydrogen) atoms. The van der Waals surface area contributed by atoms with Gasteiger partial charge in [0.05, 0.1) is 4.88 Å². The monoisotopic (exact) mass is 192 g/mol. The molecule has 0 N–H and O–H groups in total. The van der Waals surface area contributed by atoms with Crippen LogP contribution >= 0.6 is 11.3 Å². The summed E-state index contributed by atoms with van der Waals surface area (Å²) in [4.78, 5) is 21.0. The fourth-order valence-corrected chi connectivity index (χ4v) is 2.08. The van der Waals surface area contributed by atoms with Crippen molar-refractivity contribution in [3.05, 3.63) is 23.5 Å². The van der Waals surface area contributed by atoms with Crippen LogP contribution in [0.5, 0.6) is 0 Å². The summed E-state index contributed by atoms with van der Waals surface area (Å²) in [6.07, 6.45) is 3.77. The number of thiophene rings is 1. The van der Waals surface area contributed by atoms with E-state index < -0.39 is 0 Å². The Morgan fingerprint density at radius 2 is 2.46 bits per heavy atom. The lowest BCUT2D eigenvalue weighted by molar-refractivity contribution is 0.0992. The summed E-state index contributed by atoms with van der Waals surface area (Å²) in [5.74, 6) is 0.169. The predicted molar refractivity (Wildman–Crippen MR) is 52.0 cm³/mol. The summed E-state index contributed by atoms with van der Waals surface area (Å²) in [5.41, 5.74) is 0. The number of nitrogens with zero attached hydrogens (tertiary/aromatic N) is 2. The molecule has 0 aliphatic rings. The smallest absolute Gasteiger partial charge is 0.172 e. The number of hydrogen-bond donors (Lipinski definition) is 0. The van der Waals surface area contributed by atoms with Crippen LogP contribution in [0.1, 0.15) is 23.0 Å². The molecule has 0 aliphatic heterocycles. The van der Waals surface area contributed by atoms with Crippen LogP contribution < -0.4 is 0 Å². The Morgan fingerprint density at radius 1 is 1.62 bits per heavy atom. The van der Waals surface area contributed by atoms with E-state index in [9.17, 15) is 4.79 Å². The molecule has 0 atom stereocenters. The van der Waals surface area contributed by atoms with E-state index in [1.54, 1.807) is 6.20 Å². The van der Waals surface area contributed by atoms with Crippen LogP contribution in [0.2, 0.25) is 0 Å². The Morgan fingerprint density at radius 3 is 3.15 bits per heavy atom. The summed E-state index contributed by atoms with van der Waals surface area (Å²) in [6.45, 7) is 1.86. The Bertz CT molecular complexity index is 417. The molecule has 0 fully saturated rings. The van der Waals surface area contributed by atoms with Crippen molar-refractivity contribution >= 4 is 27.3 Å². The fraction of sp³-hybridized carbons (Fsp3) is 0.222. The van der Waals surface area contributed by atoms with Gasteiger partial charge in [-0.2, -0.15) is 0 Å². The van der Waals surface area contributed by atoms with Gasteiger partial charge in [-0.25, -0.2) is 9.97 Å². The Hall–Kier alpha value is -1.29. The van der Waals surface area contributed by atoms with E-state index >= 15 is 0 Å². The molecule has 2 heterocycles. The second-order valence-electron chi connectivity index (χ2n) is 2.67. The summed E-state index contributed by atoms with van der Waals surface area (Å²) >= 11 is 1.43. The number of carbonyl (C=O) groups excluding carboxylic acids is 1. The number of hydrogen-bond acceptors (Lipinski definition) is 4. The molecule has 0 radical (unpaired) electrons. The molecule has 0 bridgehead atoms. The second kappa shape index (κ2) is 3.22. The normalized spacial score (nSPS) is 10.5. The fourth-order valence-electron chi connectivity index (χ4n) is 1.10. The lowest BCUT2D eigenvalue weighted by atomic mass is 10.2. The molecule has 4 heteroatoms. The van der Waals surface area contributed by atoms with Crippen molar-refractivity contribution in [3.63, 3.8) is 0 Å². The Labute approximate surface area is 79.4 Å². The van der Waals surface area contributed by atoms with Gasteiger partial charge in [-0.05, 0) is 6.07 Å². The third-order valence-electron chi connectivity index (χ3n) is 1.79. The molecule has 0 unspecified atom stereocenters. The van der Waals surface area contributed by atoms with Crippen LogP contribution in [0.4, 0.5) is 0 Å². The number of ketones is 1. The molecule has 0 saturated carbocycles. The third kappa shape index (κ3) is 1.45. The summed E-state index contributed by atoms with van der Waals surface area (Å²) in [6, 6.07) is 1.85. The minimum Gasteiger partial charge on any atom is -0.293 e. The molecule has 2 aromatic heterocycles. The van der Waals surface area contributed by atoms with Crippen LogP contribution in [0.3, 0.4) is 0 Å². The molecule has 0 saturated heterocycles. The van der Waals surface area contributed by atoms with Crippen LogP contribution in [0.25, 0.3) is 10.2 Å². The number of rotatable bonds is 2. The zero-order valence-electron chi connectivity index (χ0n) is 7.15. The second-order valence-corrected chi connectivity index (χ2v) is 3.70. The van der Waals surface area contributed by atoms with Crippen molar-refractivity contribution in [2.24, 2.45) is 0 Å². The van der Waals surface area contributed by atoms with Gasteiger partial charge >= 0.3 is 0 Å². The van der Waals surface area contributed by atoms with Gasteiger partial charge in [0, 0.05) is 18.0 Å². The maximum Gasteiger partial charge on any atom is 0.172 e. The van der Waals surface area contributed by atoms with Gasteiger partial charge in [-0.3, -0.25) is 4.79 Å². The highest BCUT2D eigenvalue weighted by Gasteiger charge is 2.08. The maximum absolute atomic E-state index is 11.3. The molecular formula is C9H8N2OS. The molecule has 0 spiro atoms. The van der Waals surface area contributed by atoms with Crippen molar-refractivity contribution in [2.75, 3.05) is 0 Å². The van der Waals surface area contributed by atoms with Gasteiger partial charge < -0.3 is 0 Å². The zero-order chi connectivity index (χ0) is 9.26. The van der Waals surface area contributed by atoms with Crippen molar-refractivity contribution < 1.29 is 4.79 Å². The first-order valence-corrected chi connectivity index (χ1v) is 4.85. The van der Waals surface area contributed by atoms with Crippen LogP contribution in [-0.4, -0.2) is 15.8 Å². The van der Waals surface area contributed by atoms with Crippen molar-refractivity contribution in [2.45, 2.75) is 13.3 Å². The first kappa shape index (κ1) is 8.31. The highest BCUT2D eigenvalue weighted by Crippen LogP contribution is 2.23. The van der Waals surface area contributed by atoms with Crippen molar-refractivity contribution in [3.8, 4) is 0 Å². The standard InChI is InChI=1S/C9H8N2OS/c1-2-7(12)8-3-6-4-10-5-11-9(6)13-8/h3-5H,2H2,1H3. The molecule has 2 aromatic rings. The zero-order valence-corrected chi connectivity index (χ0v) is 7.97. The maximum atomic E-state index is 11.3. The third-order valence-corrected chi connectivity index (χ3v) is 2.89. The number of fused-ring (bicyclic) bond motifs is 1. The van der Waals surface area contributed by atoms with Gasteiger partial charge in [0.2, 0.25) is 0 Å². The van der Waals surface area contributed by atoms with Gasteiger partial charge in [0.1, 0.15) is 11.2 Å². The highest BCUT2D eigenvalue weighted by atomic mass is 32.1. The van der Waals surface area contributed by atoms with Crippen LogP contribution in [0.15, 0.2) is 18.6 Å². The van der Waals surface area contributed by atoms with Crippen LogP contribution in [-0.2, 0) is 0 Å². The van der Waals surface area contributed by atoms with Gasteiger partial charge in [0.15, 0.2) is 5.78 Å². The highest BCUT2D eigenvalue weighted by molar-refractivity contribution is 7.20. The molecule has 3 nitrogen and oxygen atoms in total. The lowest BCUT2D eigenvalue weighted by Crippen LogP contribution is -1.90. The van der Waals surface area contributed by atoms with E-state index in [0.717, 1.165) is 15.1 Å². The topological polar surface area (TPSA) is 42.9 Å². The molecule has 0 amide bonds. The van der Waals surface area contributed by atoms with Crippen molar-refractivity contribution in [1.82, 2.24) is 9.97 Å². The van der Waals surface area contributed by atoms with E-state index in [1.165, 1.54) is 17.7 Å². The molecule has 0 aromatic carbocycles. The SMILES string of the molecule is CCC(=O)c1cc2cncnc2s1. The summed E-state index contributed by atoms with van der Waals surface area (Å²) in [5, 5.41) is 0.948. The average molecular weight is 192 g/mol. The molecule has 66 valence electrons. The van der Waals surface area contributed by atoms with E-state index in [0.29, 0.717) is 6.42 Å². The predicted octanol–water partition coefficient (Wildman–Crippen LogP) is 2.28. The van der Waals surface area contributed by atoms with E-state index in [4.69, 9.17) is 0 Å².